The van der Waals surface area contributed by atoms with Gasteiger partial charge in [0.05, 0.1) is 17.1 Å². The number of aryl methyl sites for hydroxylation is 2. The molecule has 1 aliphatic heterocycles. The fourth-order valence-electron chi connectivity index (χ4n) is 7.40. The van der Waals surface area contributed by atoms with E-state index in [0.717, 1.165) is 78.9 Å². The molecule has 0 saturated carbocycles. The predicted molar refractivity (Wildman–Crippen MR) is 230 cm³/mol. The molecule has 7 heteroatoms. The van der Waals surface area contributed by atoms with E-state index in [1.54, 1.807) is 0 Å². The van der Waals surface area contributed by atoms with Gasteiger partial charge in [0, 0.05) is 35.9 Å². The van der Waals surface area contributed by atoms with Crippen LogP contribution in [0.2, 0.25) is 0 Å². The Kier molecular flexibility index (Phi) is 10.0. The van der Waals surface area contributed by atoms with Gasteiger partial charge in [-0.1, -0.05) is 64.6 Å². The van der Waals surface area contributed by atoms with Gasteiger partial charge >= 0.3 is 0 Å². The average molecular weight is 735 g/mol. The summed E-state index contributed by atoms with van der Waals surface area (Å²) in [6.07, 6.45) is 7.64. The smallest absolute Gasteiger partial charge is 0.291 e. The third kappa shape index (κ3) is 7.59. The van der Waals surface area contributed by atoms with E-state index < -0.39 is 0 Å². The SMILES string of the molecule is Cc1ccnc(-c2cc(Oc3ccc4c(c3)B(c3ncc(C(C)C)cn3)c3cc(Oc5cc(-c6cc(C)ccn6)cc(C(C)C)c5)ccc3-4)cc(C(C)C)c2)c1. The van der Waals surface area contributed by atoms with E-state index in [2.05, 4.69) is 150 Å². The van der Waals surface area contributed by atoms with Gasteiger partial charge in [-0.25, -0.2) is 0 Å². The monoisotopic (exact) mass is 734 g/mol. The molecule has 1 aliphatic rings. The minimum absolute atomic E-state index is 0.212. The Bertz CT molecular complexity index is 2410. The summed E-state index contributed by atoms with van der Waals surface area (Å²) in [5.41, 5.74) is 15.0. The zero-order valence-corrected chi connectivity index (χ0v) is 33.5. The van der Waals surface area contributed by atoms with Crippen molar-refractivity contribution in [2.45, 2.75) is 73.1 Å². The summed E-state index contributed by atoms with van der Waals surface area (Å²) in [4.78, 5) is 19.3. The first-order valence-electron chi connectivity index (χ1n) is 19.6. The van der Waals surface area contributed by atoms with Gasteiger partial charge in [0.1, 0.15) is 23.0 Å². The number of benzene rings is 4. The standard InChI is InChI=1S/C49H47BN4O2/c1-29(2)34-19-36(47-17-32(7)13-15-51-47)23-41(21-34)55-39-9-11-43-44-12-10-40(26-46(44)50(45(43)25-39)49-53-27-38(28-54-49)31(5)6)56-42-22-35(30(3)4)20-37(24-42)48-18-33(8)14-16-52-48/h9-31H,1-8H3. The van der Waals surface area contributed by atoms with Gasteiger partial charge in [0.15, 0.2) is 0 Å². The molecule has 0 bridgehead atoms. The molecule has 0 saturated heterocycles. The maximum atomic E-state index is 6.71. The van der Waals surface area contributed by atoms with Crippen molar-refractivity contribution in [3.05, 3.63) is 150 Å². The topological polar surface area (TPSA) is 70.0 Å². The molecular weight excluding hydrogens is 687 g/mol. The first-order chi connectivity index (χ1) is 27.0. The van der Waals surface area contributed by atoms with Crippen LogP contribution in [0.3, 0.4) is 0 Å². The molecule has 8 rings (SSSR count). The molecule has 0 amide bonds. The van der Waals surface area contributed by atoms with Crippen molar-refractivity contribution < 1.29 is 9.47 Å². The molecule has 278 valence electrons. The molecule has 7 aromatic rings. The molecular formula is C49H47BN4O2. The second kappa shape index (κ2) is 15.2. The molecule has 6 nitrogen and oxygen atoms in total. The molecule has 3 aromatic heterocycles. The van der Waals surface area contributed by atoms with Gasteiger partial charge in [0.2, 0.25) is 0 Å². The van der Waals surface area contributed by atoms with Crippen LogP contribution in [0.1, 0.15) is 87.1 Å². The lowest BCUT2D eigenvalue weighted by Crippen LogP contribution is -2.51. The van der Waals surface area contributed by atoms with Gasteiger partial charge < -0.3 is 9.47 Å². The third-order valence-corrected chi connectivity index (χ3v) is 10.7. The zero-order valence-electron chi connectivity index (χ0n) is 33.5. The maximum Gasteiger partial charge on any atom is 0.291 e. The summed E-state index contributed by atoms with van der Waals surface area (Å²) in [6.45, 7) is 17.1. The number of hydrogen-bond acceptors (Lipinski definition) is 6. The fraction of sp³-hybridized carbons (Fsp3) is 0.224. The molecule has 0 unspecified atom stereocenters. The summed E-state index contributed by atoms with van der Waals surface area (Å²) >= 11 is 0. The third-order valence-electron chi connectivity index (χ3n) is 10.7. The highest BCUT2D eigenvalue weighted by molar-refractivity contribution is 6.98. The van der Waals surface area contributed by atoms with Crippen LogP contribution in [0.5, 0.6) is 23.0 Å². The minimum Gasteiger partial charge on any atom is -0.457 e. The fourth-order valence-corrected chi connectivity index (χ4v) is 7.40. The van der Waals surface area contributed by atoms with Crippen molar-refractivity contribution in [2.24, 2.45) is 0 Å². The summed E-state index contributed by atoms with van der Waals surface area (Å²) < 4.78 is 13.4. The van der Waals surface area contributed by atoms with Crippen molar-refractivity contribution in [3.63, 3.8) is 0 Å². The van der Waals surface area contributed by atoms with Crippen molar-refractivity contribution in [2.75, 3.05) is 0 Å². The van der Waals surface area contributed by atoms with E-state index in [1.165, 1.54) is 22.3 Å². The predicted octanol–water partition coefficient (Wildman–Crippen LogP) is 10.7. The summed E-state index contributed by atoms with van der Waals surface area (Å²) in [7, 11) is 0. The number of nitrogens with zero attached hydrogens (tertiary/aromatic N) is 4. The second-order valence-electron chi connectivity index (χ2n) is 16.0. The van der Waals surface area contributed by atoms with Crippen LogP contribution < -0.4 is 26.1 Å². The molecule has 0 N–H and O–H groups in total. The van der Waals surface area contributed by atoms with Crippen molar-refractivity contribution in [1.82, 2.24) is 19.9 Å². The highest BCUT2D eigenvalue weighted by Gasteiger charge is 2.37. The largest absolute Gasteiger partial charge is 0.457 e. The van der Waals surface area contributed by atoms with E-state index in [0.29, 0.717) is 17.8 Å². The van der Waals surface area contributed by atoms with Gasteiger partial charge in [-0.15, -0.1) is 0 Å². The lowest BCUT2D eigenvalue weighted by molar-refractivity contribution is 0.482. The van der Waals surface area contributed by atoms with Crippen LogP contribution in [-0.2, 0) is 0 Å². The molecule has 4 aromatic carbocycles. The van der Waals surface area contributed by atoms with Crippen LogP contribution in [0.25, 0.3) is 33.6 Å². The van der Waals surface area contributed by atoms with Crippen LogP contribution in [0, 0.1) is 13.8 Å². The summed E-state index contributed by atoms with van der Waals surface area (Å²) in [5.74, 6) is 4.03. The Balaban J connectivity index is 1.18. The molecule has 0 fully saturated rings. The van der Waals surface area contributed by atoms with Crippen LogP contribution in [0.15, 0.2) is 122 Å². The Hall–Kier alpha value is -6.08. The van der Waals surface area contributed by atoms with Crippen LogP contribution >= 0.6 is 0 Å². The first kappa shape index (κ1) is 36.9. The summed E-state index contributed by atoms with van der Waals surface area (Å²) in [5, 5.41) is 0. The van der Waals surface area contributed by atoms with E-state index >= 15 is 0 Å². The molecule has 0 spiro atoms. The zero-order chi connectivity index (χ0) is 39.1. The Morgan fingerprint density at radius 2 is 0.893 bits per heavy atom. The normalized spacial score (nSPS) is 12.0. The molecule has 0 aliphatic carbocycles. The van der Waals surface area contributed by atoms with E-state index in [-0.39, 0.29) is 6.71 Å². The summed E-state index contributed by atoms with van der Waals surface area (Å²) in [6, 6.07) is 33.9. The highest BCUT2D eigenvalue weighted by atomic mass is 16.5. The van der Waals surface area contributed by atoms with Gasteiger partial charge in [0.25, 0.3) is 6.71 Å². The lowest BCUT2D eigenvalue weighted by atomic mass is 9.42. The van der Waals surface area contributed by atoms with Crippen LogP contribution in [0.4, 0.5) is 0 Å². The van der Waals surface area contributed by atoms with Gasteiger partial charge in [-0.05, 0) is 155 Å². The Morgan fingerprint density at radius 3 is 1.30 bits per heavy atom. The maximum absolute atomic E-state index is 6.71. The molecule has 0 atom stereocenters. The quantitative estimate of drug-likeness (QED) is 0.130. The van der Waals surface area contributed by atoms with E-state index in [9.17, 15) is 0 Å². The lowest BCUT2D eigenvalue weighted by Gasteiger charge is -2.15. The average Bonchev–Trinajstić information content (AvgIpc) is 3.50. The van der Waals surface area contributed by atoms with Crippen molar-refractivity contribution in [1.29, 1.82) is 0 Å². The number of pyridine rings is 2. The van der Waals surface area contributed by atoms with Crippen molar-refractivity contribution >= 4 is 23.4 Å². The Morgan fingerprint density at radius 1 is 0.446 bits per heavy atom. The number of rotatable bonds is 10. The Labute approximate surface area is 331 Å². The van der Waals surface area contributed by atoms with Crippen molar-refractivity contribution in [3.8, 4) is 56.6 Å². The molecule has 0 radical (unpaired) electrons. The van der Waals surface area contributed by atoms with Gasteiger partial charge in [-0.3, -0.25) is 19.9 Å². The van der Waals surface area contributed by atoms with Gasteiger partial charge in [-0.2, -0.15) is 0 Å². The number of hydrogen-bond donors (Lipinski definition) is 0. The van der Waals surface area contributed by atoms with E-state index in [4.69, 9.17) is 19.4 Å². The van der Waals surface area contributed by atoms with Crippen LogP contribution in [-0.4, -0.2) is 26.6 Å². The molecule has 4 heterocycles. The number of aromatic nitrogens is 4. The second-order valence-corrected chi connectivity index (χ2v) is 16.0. The minimum atomic E-state index is -0.212. The van der Waals surface area contributed by atoms with E-state index in [1.807, 2.05) is 36.9 Å². The molecule has 56 heavy (non-hydrogen) atoms. The number of fused-ring (bicyclic) bond motifs is 3. The number of ether oxygens (including phenoxy) is 2. The highest BCUT2D eigenvalue weighted by Crippen LogP contribution is 2.36. The first-order valence-corrected chi connectivity index (χ1v) is 19.6.